The Balaban J connectivity index is 1.64. The largest absolute Gasteiger partial charge is 0.475 e. The summed E-state index contributed by atoms with van der Waals surface area (Å²) in [5.41, 5.74) is 2.13. The van der Waals surface area contributed by atoms with E-state index in [1.165, 1.54) is 0 Å². The van der Waals surface area contributed by atoms with Gasteiger partial charge in [0.15, 0.2) is 4.77 Å². The van der Waals surface area contributed by atoms with Crippen molar-refractivity contribution in [3.63, 3.8) is 0 Å². The first kappa shape index (κ1) is 18.8. The Morgan fingerprint density at radius 2 is 2.04 bits per heavy atom. The summed E-state index contributed by atoms with van der Waals surface area (Å²) in [6.45, 7) is 1.29. The predicted molar refractivity (Wildman–Crippen MR) is 104 cm³/mol. The smallest absolute Gasteiger partial charge is 0.270 e. The summed E-state index contributed by atoms with van der Waals surface area (Å²) in [4.78, 5) is 19.7. The van der Waals surface area contributed by atoms with Crippen LogP contribution in [0.3, 0.4) is 0 Å². The Hall–Kier alpha value is -2.97. The minimum atomic E-state index is -0.230. The van der Waals surface area contributed by atoms with Crippen molar-refractivity contribution in [3.05, 3.63) is 70.9 Å². The number of methoxy groups -OCH3 is 1. The first-order valence-corrected chi connectivity index (χ1v) is 8.80. The Morgan fingerprint density at radius 1 is 1.22 bits per heavy atom. The fraction of sp³-hybridized carbons (Fsp3) is 0.211. The van der Waals surface area contributed by atoms with Crippen LogP contribution in [0.5, 0.6) is 5.88 Å². The molecule has 0 saturated carbocycles. The van der Waals surface area contributed by atoms with Crippen LogP contribution in [0.1, 0.15) is 16.1 Å². The van der Waals surface area contributed by atoms with Gasteiger partial charge in [-0.15, -0.1) is 0 Å². The molecule has 0 unspecified atom stereocenters. The normalized spacial score (nSPS) is 10.6. The number of nitrogens with zero attached hydrogens (tertiary/aromatic N) is 2. The number of para-hydroxylation sites is 1. The molecular weight excluding hydrogens is 364 g/mol. The highest BCUT2D eigenvalue weighted by Gasteiger charge is 2.14. The lowest BCUT2D eigenvalue weighted by Crippen LogP contribution is -2.25. The number of H-pyrrole nitrogens is 1. The molecule has 8 heteroatoms. The van der Waals surface area contributed by atoms with E-state index < -0.39 is 0 Å². The van der Waals surface area contributed by atoms with Crippen molar-refractivity contribution in [1.29, 1.82) is 0 Å². The second-order valence-corrected chi connectivity index (χ2v) is 6.07. The molecule has 2 heterocycles. The molecule has 2 N–H and O–H groups in total. The standard InChI is InChI=1S/C19H20N4O3S/c1-25-9-10-26-17-8-7-14(11-20-17)12-21-18(24)16-13-22-19(27)23(16)15-5-3-2-4-6-15/h2-8,11,13H,9-10,12H2,1H3,(H,21,24)(H,22,27). The van der Waals surface area contributed by atoms with Crippen molar-refractivity contribution in [2.45, 2.75) is 6.54 Å². The maximum Gasteiger partial charge on any atom is 0.270 e. The average Bonchev–Trinajstić information content (AvgIpc) is 3.09. The molecule has 1 amide bonds. The fourth-order valence-corrected chi connectivity index (χ4v) is 2.74. The number of hydrogen-bond donors (Lipinski definition) is 2. The monoisotopic (exact) mass is 384 g/mol. The Morgan fingerprint density at radius 3 is 2.74 bits per heavy atom. The molecule has 7 nitrogen and oxygen atoms in total. The molecule has 0 saturated heterocycles. The van der Waals surface area contributed by atoms with Crippen LogP contribution in [0.4, 0.5) is 0 Å². The zero-order valence-corrected chi connectivity index (χ0v) is 15.7. The van der Waals surface area contributed by atoms with Crippen molar-refractivity contribution in [3.8, 4) is 11.6 Å². The summed E-state index contributed by atoms with van der Waals surface area (Å²) in [7, 11) is 1.61. The lowest BCUT2D eigenvalue weighted by Gasteiger charge is -2.09. The molecule has 0 aliphatic carbocycles. The van der Waals surface area contributed by atoms with Crippen molar-refractivity contribution < 1.29 is 14.3 Å². The molecule has 0 radical (unpaired) electrons. The number of ether oxygens (including phenoxy) is 2. The molecule has 0 bridgehead atoms. The quantitative estimate of drug-likeness (QED) is 0.461. The number of imidazole rings is 1. The van der Waals surface area contributed by atoms with E-state index in [9.17, 15) is 4.79 Å². The van der Waals surface area contributed by atoms with Gasteiger partial charge in [0, 0.05) is 37.8 Å². The van der Waals surface area contributed by atoms with E-state index in [1.54, 1.807) is 30.1 Å². The van der Waals surface area contributed by atoms with Crippen molar-refractivity contribution in [1.82, 2.24) is 19.9 Å². The van der Waals surface area contributed by atoms with E-state index in [4.69, 9.17) is 21.7 Å². The fourth-order valence-electron chi connectivity index (χ4n) is 2.47. The summed E-state index contributed by atoms with van der Waals surface area (Å²) in [6.07, 6.45) is 3.28. The van der Waals surface area contributed by atoms with Gasteiger partial charge < -0.3 is 19.8 Å². The van der Waals surface area contributed by atoms with Gasteiger partial charge >= 0.3 is 0 Å². The van der Waals surface area contributed by atoms with E-state index >= 15 is 0 Å². The minimum Gasteiger partial charge on any atom is -0.475 e. The van der Waals surface area contributed by atoms with Crippen LogP contribution in [-0.4, -0.2) is 40.8 Å². The highest BCUT2D eigenvalue weighted by Crippen LogP contribution is 2.13. The SMILES string of the molecule is COCCOc1ccc(CNC(=O)c2c[nH]c(=S)n2-c2ccccc2)cn1. The number of pyridine rings is 1. The van der Waals surface area contributed by atoms with Crippen LogP contribution in [0.2, 0.25) is 0 Å². The molecule has 0 aliphatic heterocycles. The molecule has 140 valence electrons. The van der Waals surface area contributed by atoms with Gasteiger partial charge in [0.25, 0.3) is 5.91 Å². The molecule has 0 aliphatic rings. The average molecular weight is 384 g/mol. The molecule has 1 aromatic carbocycles. The Kier molecular flexibility index (Phi) is 6.35. The van der Waals surface area contributed by atoms with E-state index in [1.807, 2.05) is 36.4 Å². The van der Waals surface area contributed by atoms with Gasteiger partial charge in [-0.1, -0.05) is 24.3 Å². The zero-order chi connectivity index (χ0) is 19.1. The first-order chi connectivity index (χ1) is 13.2. The van der Waals surface area contributed by atoms with Crippen molar-refractivity contribution in [2.24, 2.45) is 0 Å². The molecular formula is C19H20N4O3S. The van der Waals surface area contributed by atoms with Crippen LogP contribution in [-0.2, 0) is 11.3 Å². The highest BCUT2D eigenvalue weighted by molar-refractivity contribution is 7.71. The third-order valence-corrected chi connectivity index (χ3v) is 4.11. The summed E-state index contributed by atoms with van der Waals surface area (Å²) in [5, 5.41) is 2.88. The number of benzene rings is 1. The van der Waals surface area contributed by atoms with E-state index in [0.717, 1.165) is 11.3 Å². The van der Waals surface area contributed by atoms with E-state index in [0.29, 0.717) is 36.1 Å². The number of carbonyl (C=O) groups excluding carboxylic acids is 1. The maximum atomic E-state index is 12.6. The van der Waals surface area contributed by atoms with Gasteiger partial charge in [0.1, 0.15) is 12.3 Å². The third kappa shape index (κ3) is 4.81. The zero-order valence-electron chi connectivity index (χ0n) is 14.8. The number of aromatic nitrogens is 3. The van der Waals surface area contributed by atoms with Gasteiger partial charge in [-0.05, 0) is 29.9 Å². The van der Waals surface area contributed by atoms with Gasteiger partial charge in [0.05, 0.1) is 6.61 Å². The molecule has 3 rings (SSSR count). The van der Waals surface area contributed by atoms with Crippen LogP contribution in [0.15, 0.2) is 54.9 Å². The second-order valence-electron chi connectivity index (χ2n) is 5.68. The van der Waals surface area contributed by atoms with Gasteiger partial charge in [-0.3, -0.25) is 9.36 Å². The lowest BCUT2D eigenvalue weighted by molar-refractivity contribution is 0.0944. The number of aromatic amines is 1. The molecule has 0 atom stereocenters. The number of hydrogen-bond acceptors (Lipinski definition) is 5. The number of carbonyl (C=O) groups is 1. The summed E-state index contributed by atoms with van der Waals surface area (Å²) in [5.74, 6) is 0.289. The first-order valence-electron chi connectivity index (χ1n) is 8.40. The van der Waals surface area contributed by atoms with Gasteiger partial charge in [-0.25, -0.2) is 4.98 Å². The second kappa shape index (κ2) is 9.11. The molecule has 2 aromatic heterocycles. The lowest BCUT2D eigenvalue weighted by atomic mass is 10.2. The number of rotatable bonds is 8. The van der Waals surface area contributed by atoms with E-state index in [2.05, 4.69) is 15.3 Å². The highest BCUT2D eigenvalue weighted by atomic mass is 32.1. The predicted octanol–water partition coefficient (Wildman–Crippen LogP) is 2.89. The van der Waals surface area contributed by atoms with Crippen LogP contribution in [0.25, 0.3) is 5.69 Å². The summed E-state index contributed by atoms with van der Waals surface area (Å²) in [6, 6.07) is 13.1. The van der Waals surface area contributed by atoms with Crippen LogP contribution in [0, 0.1) is 4.77 Å². The molecule has 27 heavy (non-hydrogen) atoms. The Labute approximate surface area is 162 Å². The van der Waals surface area contributed by atoms with Crippen molar-refractivity contribution in [2.75, 3.05) is 20.3 Å². The Bertz CT molecular complexity index is 936. The summed E-state index contributed by atoms with van der Waals surface area (Å²) >= 11 is 5.30. The third-order valence-electron chi connectivity index (χ3n) is 3.81. The molecule has 0 fully saturated rings. The summed E-state index contributed by atoms with van der Waals surface area (Å²) < 4.78 is 12.5. The number of nitrogens with one attached hydrogen (secondary N) is 2. The van der Waals surface area contributed by atoms with Gasteiger partial charge in [-0.2, -0.15) is 0 Å². The molecule has 0 spiro atoms. The number of amides is 1. The van der Waals surface area contributed by atoms with Crippen LogP contribution >= 0.6 is 12.2 Å². The van der Waals surface area contributed by atoms with Gasteiger partial charge in [0.2, 0.25) is 5.88 Å². The van der Waals surface area contributed by atoms with Crippen LogP contribution < -0.4 is 10.1 Å². The van der Waals surface area contributed by atoms with Crippen molar-refractivity contribution >= 4 is 18.1 Å². The molecule has 3 aromatic rings. The minimum absolute atomic E-state index is 0.230. The van der Waals surface area contributed by atoms with E-state index in [-0.39, 0.29) is 5.91 Å². The topological polar surface area (TPSA) is 81.2 Å². The maximum absolute atomic E-state index is 12.6.